The molecule has 1 fully saturated rings. The number of amides is 2. The van der Waals surface area contributed by atoms with Crippen molar-refractivity contribution in [1.29, 1.82) is 0 Å². The second-order valence-corrected chi connectivity index (χ2v) is 7.99. The van der Waals surface area contributed by atoms with Crippen LogP contribution >= 0.6 is 11.8 Å². The topological polar surface area (TPSA) is 78.7 Å². The van der Waals surface area contributed by atoms with Crippen LogP contribution in [0.5, 0.6) is 0 Å². The number of carbonyl (C=O) groups is 1. The molecule has 2 amide bonds. The Hall–Kier alpha value is -2.95. The molecule has 0 saturated carbocycles. The van der Waals surface area contributed by atoms with E-state index in [-0.39, 0.29) is 11.7 Å². The first kappa shape index (κ1) is 22.7. The van der Waals surface area contributed by atoms with E-state index in [0.717, 1.165) is 17.0 Å². The summed E-state index contributed by atoms with van der Waals surface area (Å²) in [5.74, 6) is 0.716. The zero-order valence-electron chi connectivity index (χ0n) is 16.5. The Morgan fingerprint density at radius 2 is 1.77 bits per heavy atom. The highest BCUT2D eigenvalue weighted by molar-refractivity contribution is 7.99. The molecule has 1 N–H and O–H groups in total. The lowest BCUT2D eigenvalue weighted by Gasteiger charge is -2.35. The van der Waals surface area contributed by atoms with Crippen LogP contribution in [0.4, 0.5) is 29.3 Å². The number of nitro groups is 1. The lowest BCUT2D eigenvalue weighted by atomic mass is 10.1. The van der Waals surface area contributed by atoms with E-state index in [1.165, 1.54) is 0 Å². The van der Waals surface area contributed by atoms with E-state index in [1.54, 1.807) is 21.6 Å². The first-order valence-electron chi connectivity index (χ1n) is 9.57. The maximum absolute atomic E-state index is 12.9. The van der Waals surface area contributed by atoms with E-state index >= 15 is 0 Å². The van der Waals surface area contributed by atoms with E-state index in [4.69, 9.17) is 0 Å². The van der Waals surface area contributed by atoms with Crippen LogP contribution in [0.25, 0.3) is 0 Å². The number of urea groups is 1. The standard InChI is InChI=1S/C20H21F3N4O3S/c21-20(22,23)15-6-7-17(18(14-15)27(29)30)25-9-11-26(12-10-25)19(28)24-8-13-31-16-4-2-1-3-5-16/h1-7,14H,8-13H2,(H,24,28). The van der Waals surface area contributed by atoms with Gasteiger partial charge in [-0.1, -0.05) is 18.2 Å². The normalized spacial score (nSPS) is 14.4. The van der Waals surface area contributed by atoms with Gasteiger partial charge in [0.05, 0.1) is 10.5 Å². The van der Waals surface area contributed by atoms with Crippen LogP contribution in [0.1, 0.15) is 5.56 Å². The molecule has 1 saturated heterocycles. The number of nitro benzene ring substituents is 1. The van der Waals surface area contributed by atoms with Gasteiger partial charge in [-0.25, -0.2) is 4.79 Å². The third-order valence-electron chi connectivity index (χ3n) is 4.80. The molecule has 0 spiro atoms. The highest BCUT2D eigenvalue weighted by Crippen LogP contribution is 2.36. The minimum Gasteiger partial charge on any atom is -0.362 e. The summed E-state index contributed by atoms with van der Waals surface area (Å²) in [6, 6.07) is 12.1. The maximum Gasteiger partial charge on any atom is 0.416 e. The average molecular weight is 454 g/mol. The zero-order chi connectivity index (χ0) is 22.4. The molecule has 1 heterocycles. The van der Waals surface area contributed by atoms with Gasteiger partial charge in [0.15, 0.2) is 0 Å². The number of nitrogens with one attached hydrogen (secondary N) is 1. The largest absolute Gasteiger partial charge is 0.416 e. The number of benzene rings is 2. The predicted octanol–water partition coefficient (Wildman–Crippen LogP) is 4.24. The van der Waals surface area contributed by atoms with Gasteiger partial charge in [0.2, 0.25) is 0 Å². The lowest BCUT2D eigenvalue weighted by molar-refractivity contribution is -0.384. The van der Waals surface area contributed by atoms with Crippen LogP contribution < -0.4 is 10.2 Å². The Morgan fingerprint density at radius 3 is 2.39 bits per heavy atom. The lowest BCUT2D eigenvalue weighted by Crippen LogP contribution is -2.52. The summed E-state index contributed by atoms with van der Waals surface area (Å²) in [6.45, 7) is 1.70. The van der Waals surface area contributed by atoms with Gasteiger partial charge in [0.25, 0.3) is 5.69 Å². The predicted molar refractivity (Wildman–Crippen MR) is 112 cm³/mol. The summed E-state index contributed by atoms with van der Waals surface area (Å²) in [6.07, 6.45) is -4.65. The van der Waals surface area contributed by atoms with Crippen molar-refractivity contribution in [3.05, 3.63) is 64.2 Å². The SMILES string of the molecule is O=C(NCCSc1ccccc1)N1CCN(c2ccc(C(F)(F)F)cc2[N+](=O)[O-])CC1. The molecule has 3 rings (SSSR count). The number of hydrogen-bond donors (Lipinski definition) is 1. The quantitative estimate of drug-likeness (QED) is 0.306. The molecule has 0 atom stereocenters. The molecule has 0 radical (unpaired) electrons. The van der Waals surface area contributed by atoms with Gasteiger partial charge in [-0.2, -0.15) is 13.2 Å². The van der Waals surface area contributed by atoms with Crippen molar-refractivity contribution in [2.45, 2.75) is 11.1 Å². The molecule has 0 aromatic heterocycles. The van der Waals surface area contributed by atoms with E-state index < -0.39 is 22.4 Å². The van der Waals surface area contributed by atoms with Crippen LogP contribution in [-0.2, 0) is 6.18 Å². The molecule has 31 heavy (non-hydrogen) atoms. The molecule has 7 nitrogen and oxygen atoms in total. The smallest absolute Gasteiger partial charge is 0.362 e. The summed E-state index contributed by atoms with van der Waals surface area (Å²) in [7, 11) is 0. The maximum atomic E-state index is 12.9. The fraction of sp³-hybridized carbons (Fsp3) is 0.350. The highest BCUT2D eigenvalue weighted by Gasteiger charge is 2.34. The Bertz CT molecular complexity index is 920. The molecule has 166 valence electrons. The van der Waals surface area contributed by atoms with Crippen LogP contribution in [0.3, 0.4) is 0 Å². The van der Waals surface area contributed by atoms with Crippen LogP contribution in [0.2, 0.25) is 0 Å². The Kier molecular flexibility index (Phi) is 7.26. The first-order chi connectivity index (χ1) is 14.8. The van der Waals surface area contributed by atoms with Crippen molar-refractivity contribution in [3.63, 3.8) is 0 Å². The number of anilines is 1. The summed E-state index contributed by atoms with van der Waals surface area (Å²) in [5.41, 5.74) is -1.53. The second kappa shape index (κ2) is 9.90. The van der Waals surface area contributed by atoms with Gasteiger partial charge >= 0.3 is 12.2 Å². The monoisotopic (exact) mass is 454 g/mol. The third kappa shape index (κ3) is 6.03. The van der Waals surface area contributed by atoms with E-state index in [1.807, 2.05) is 30.3 Å². The minimum absolute atomic E-state index is 0.123. The van der Waals surface area contributed by atoms with Crippen LogP contribution in [0.15, 0.2) is 53.4 Å². The first-order valence-corrected chi connectivity index (χ1v) is 10.6. The summed E-state index contributed by atoms with van der Waals surface area (Å²) < 4.78 is 38.6. The average Bonchev–Trinajstić information content (AvgIpc) is 2.76. The number of nitrogens with zero attached hydrogens (tertiary/aromatic N) is 3. The van der Waals surface area contributed by atoms with Crippen LogP contribution in [-0.4, -0.2) is 54.3 Å². The van der Waals surface area contributed by atoms with Gasteiger partial charge in [0.1, 0.15) is 5.69 Å². The van der Waals surface area contributed by atoms with Crippen molar-refractivity contribution in [2.75, 3.05) is 43.4 Å². The minimum atomic E-state index is -4.65. The number of rotatable bonds is 6. The van der Waals surface area contributed by atoms with Gasteiger partial charge in [-0.3, -0.25) is 10.1 Å². The molecule has 2 aromatic rings. The summed E-state index contributed by atoms with van der Waals surface area (Å²) in [5, 5.41) is 14.1. The summed E-state index contributed by atoms with van der Waals surface area (Å²) in [4.78, 5) is 27.2. The Morgan fingerprint density at radius 1 is 1.10 bits per heavy atom. The van der Waals surface area contributed by atoms with Gasteiger partial charge in [0, 0.05) is 49.4 Å². The molecule has 0 aliphatic carbocycles. The Labute approximate surface area is 181 Å². The molecule has 0 bridgehead atoms. The second-order valence-electron chi connectivity index (χ2n) is 6.83. The number of halogens is 3. The molecule has 1 aliphatic heterocycles. The summed E-state index contributed by atoms with van der Waals surface area (Å²) >= 11 is 1.63. The van der Waals surface area contributed by atoms with E-state index in [0.29, 0.717) is 44.5 Å². The number of hydrogen-bond acceptors (Lipinski definition) is 5. The van der Waals surface area contributed by atoms with Crippen molar-refractivity contribution < 1.29 is 22.9 Å². The highest BCUT2D eigenvalue weighted by atomic mass is 32.2. The van der Waals surface area contributed by atoms with Gasteiger partial charge < -0.3 is 15.1 Å². The van der Waals surface area contributed by atoms with Crippen molar-refractivity contribution >= 4 is 29.2 Å². The molecular weight excluding hydrogens is 433 g/mol. The fourth-order valence-corrected chi connectivity index (χ4v) is 4.01. The number of alkyl halides is 3. The number of carbonyl (C=O) groups excluding carboxylic acids is 1. The molecule has 11 heteroatoms. The zero-order valence-corrected chi connectivity index (χ0v) is 17.3. The molecule has 2 aromatic carbocycles. The van der Waals surface area contributed by atoms with Crippen molar-refractivity contribution in [3.8, 4) is 0 Å². The number of thioether (sulfide) groups is 1. The molecule has 0 unspecified atom stereocenters. The van der Waals surface area contributed by atoms with E-state index in [9.17, 15) is 28.1 Å². The molecular formula is C20H21F3N4O3S. The number of piperazine rings is 1. The van der Waals surface area contributed by atoms with Gasteiger partial charge in [-0.05, 0) is 24.3 Å². The third-order valence-corrected chi connectivity index (χ3v) is 5.81. The van der Waals surface area contributed by atoms with E-state index in [2.05, 4.69) is 5.32 Å². The van der Waals surface area contributed by atoms with Crippen molar-refractivity contribution in [1.82, 2.24) is 10.2 Å². The fourth-order valence-electron chi connectivity index (χ4n) is 3.22. The van der Waals surface area contributed by atoms with Crippen LogP contribution in [0, 0.1) is 10.1 Å². The van der Waals surface area contributed by atoms with Gasteiger partial charge in [-0.15, -0.1) is 11.8 Å². The molecule has 1 aliphatic rings. The Balaban J connectivity index is 1.52. The van der Waals surface area contributed by atoms with Crippen molar-refractivity contribution in [2.24, 2.45) is 0 Å².